The summed E-state index contributed by atoms with van der Waals surface area (Å²) in [6.45, 7) is 3.48. The number of hydrogen-bond acceptors (Lipinski definition) is 6. The van der Waals surface area contributed by atoms with Gasteiger partial charge in [0.05, 0.1) is 23.1 Å². The second-order valence-corrected chi connectivity index (χ2v) is 9.41. The first-order chi connectivity index (χ1) is 16.1. The van der Waals surface area contributed by atoms with Crippen LogP contribution in [0.1, 0.15) is 32.7 Å². The summed E-state index contributed by atoms with van der Waals surface area (Å²) in [5.74, 6) is -1.18. The summed E-state index contributed by atoms with van der Waals surface area (Å²) in [5, 5.41) is 12.3. The van der Waals surface area contributed by atoms with Crippen LogP contribution < -0.4 is 10.0 Å². The molecule has 1 heterocycles. The first kappa shape index (κ1) is 24.5. The summed E-state index contributed by atoms with van der Waals surface area (Å²) in [6.07, 6.45) is 0.962. The van der Waals surface area contributed by atoms with E-state index in [9.17, 15) is 23.3 Å². The summed E-state index contributed by atoms with van der Waals surface area (Å²) in [7, 11) is -3.62. The van der Waals surface area contributed by atoms with Crippen LogP contribution in [0, 0.1) is 25.2 Å². The molecule has 0 aliphatic carbocycles. The number of esters is 1. The summed E-state index contributed by atoms with van der Waals surface area (Å²) < 4.78 is 32.3. The Labute approximate surface area is 198 Å². The molecule has 0 fully saturated rings. The lowest BCUT2D eigenvalue weighted by Crippen LogP contribution is -2.24. The second-order valence-electron chi connectivity index (χ2n) is 7.66. The molecule has 10 heteroatoms. The Hall–Kier alpha value is -4.10. The van der Waals surface area contributed by atoms with Crippen LogP contribution in [0.15, 0.2) is 54.6 Å². The topological polar surface area (TPSA) is 130 Å². The number of nitrogens with one attached hydrogen (secondary N) is 2. The molecule has 3 aromatic rings. The van der Waals surface area contributed by atoms with Crippen molar-refractivity contribution in [3.63, 3.8) is 0 Å². The van der Waals surface area contributed by atoms with Crippen LogP contribution in [0.25, 0.3) is 0 Å². The number of rotatable bonds is 8. The van der Waals surface area contributed by atoms with Gasteiger partial charge in [-0.05, 0) is 37.1 Å². The predicted octanol–water partition coefficient (Wildman–Crippen LogP) is 3.19. The average Bonchev–Trinajstić information content (AvgIpc) is 3.01. The number of benzene rings is 2. The molecule has 0 aliphatic rings. The van der Waals surface area contributed by atoms with Crippen molar-refractivity contribution >= 4 is 33.4 Å². The van der Waals surface area contributed by atoms with Gasteiger partial charge < -0.3 is 14.6 Å². The zero-order chi connectivity index (χ0) is 24.9. The first-order valence-corrected chi connectivity index (χ1v) is 12.2. The minimum absolute atomic E-state index is 0.0300. The molecule has 1 amide bonds. The molecule has 0 aliphatic heterocycles. The monoisotopic (exact) mass is 480 g/mol. The molecule has 0 spiro atoms. The smallest absolute Gasteiger partial charge is 0.340 e. The number of anilines is 2. The molecule has 34 heavy (non-hydrogen) atoms. The highest BCUT2D eigenvalue weighted by molar-refractivity contribution is 7.92. The van der Waals surface area contributed by atoms with Crippen molar-refractivity contribution in [1.82, 2.24) is 4.57 Å². The van der Waals surface area contributed by atoms with Crippen molar-refractivity contribution < 1.29 is 22.7 Å². The molecule has 0 saturated carbocycles. The number of sulfonamides is 1. The molecule has 176 valence electrons. The largest absolute Gasteiger partial charge is 0.452 e. The standard InChI is InChI=1S/C24H24N4O5S/c1-16-17(2)28(14-18-9-5-4-6-10-18)23(20(16)13-25)26-22(29)15-33-24(30)19-11-7-8-12-21(19)27-34(3,31)32/h4-12,27H,14-15H2,1-3H3,(H,26,29). The van der Waals surface area contributed by atoms with Gasteiger partial charge in [0, 0.05) is 12.2 Å². The van der Waals surface area contributed by atoms with Gasteiger partial charge in [0.15, 0.2) is 6.61 Å². The highest BCUT2D eigenvalue weighted by Gasteiger charge is 2.21. The van der Waals surface area contributed by atoms with Crippen molar-refractivity contribution in [2.45, 2.75) is 20.4 Å². The minimum atomic E-state index is -3.62. The quantitative estimate of drug-likeness (QED) is 0.476. The van der Waals surface area contributed by atoms with Crippen LogP contribution in [0.5, 0.6) is 0 Å². The maximum Gasteiger partial charge on any atom is 0.340 e. The van der Waals surface area contributed by atoms with Gasteiger partial charge in [-0.1, -0.05) is 42.5 Å². The van der Waals surface area contributed by atoms with Crippen molar-refractivity contribution in [3.8, 4) is 6.07 Å². The van der Waals surface area contributed by atoms with Gasteiger partial charge in [0.1, 0.15) is 11.9 Å². The van der Waals surface area contributed by atoms with E-state index in [1.54, 1.807) is 19.1 Å². The van der Waals surface area contributed by atoms with Gasteiger partial charge in [-0.25, -0.2) is 13.2 Å². The summed E-state index contributed by atoms with van der Waals surface area (Å²) >= 11 is 0. The fraction of sp³-hybridized carbons (Fsp3) is 0.208. The predicted molar refractivity (Wildman–Crippen MR) is 128 cm³/mol. The molecule has 3 rings (SSSR count). The van der Waals surface area contributed by atoms with Gasteiger partial charge in [-0.2, -0.15) is 5.26 Å². The molecule has 0 unspecified atom stereocenters. The van der Waals surface area contributed by atoms with E-state index in [0.717, 1.165) is 23.1 Å². The zero-order valence-corrected chi connectivity index (χ0v) is 19.8. The lowest BCUT2D eigenvalue weighted by molar-refractivity contribution is -0.119. The van der Waals surface area contributed by atoms with Crippen molar-refractivity contribution in [2.75, 3.05) is 22.9 Å². The molecule has 2 aromatic carbocycles. The first-order valence-electron chi connectivity index (χ1n) is 10.3. The molecule has 0 bridgehead atoms. The minimum Gasteiger partial charge on any atom is -0.452 e. The zero-order valence-electron chi connectivity index (χ0n) is 19.0. The number of carbonyl (C=O) groups is 2. The Morgan fingerprint density at radius 1 is 1.06 bits per heavy atom. The van der Waals surface area contributed by atoms with Gasteiger partial charge in [0.2, 0.25) is 10.0 Å². The highest BCUT2D eigenvalue weighted by Crippen LogP contribution is 2.27. The Balaban J connectivity index is 1.77. The van der Waals surface area contributed by atoms with Crippen LogP contribution in [0.3, 0.4) is 0 Å². The lowest BCUT2D eigenvalue weighted by atomic mass is 10.2. The fourth-order valence-corrected chi connectivity index (χ4v) is 4.00. The van der Waals surface area contributed by atoms with Gasteiger partial charge in [0.25, 0.3) is 5.91 Å². The number of nitriles is 1. The average molecular weight is 481 g/mol. The number of hydrogen-bond donors (Lipinski definition) is 2. The Bertz CT molecular complexity index is 1370. The van der Waals surface area contributed by atoms with E-state index >= 15 is 0 Å². The van der Waals surface area contributed by atoms with Crippen molar-refractivity contribution in [1.29, 1.82) is 5.26 Å². The Kier molecular flexibility index (Phi) is 7.38. The number of nitrogens with zero attached hydrogens (tertiary/aromatic N) is 2. The molecule has 2 N–H and O–H groups in total. The third kappa shape index (κ3) is 5.82. The molecular weight excluding hydrogens is 456 g/mol. The van der Waals surface area contributed by atoms with Crippen LogP contribution in [0.4, 0.5) is 11.5 Å². The third-order valence-electron chi connectivity index (χ3n) is 5.16. The maximum absolute atomic E-state index is 12.6. The molecular formula is C24H24N4O5S. The van der Waals surface area contributed by atoms with Gasteiger partial charge in [-0.3, -0.25) is 9.52 Å². The highest BCUT2D eigenvalue weighted by atomic mass is 32.2. The number of amides is 1. The molecule has 0 atom stereocenters. The van der Waals surface area contributed by atoms with E-state index in [0.29, 0.717) is 17.9 Å². The lowest BCUT2D eigenvalue weighted by Gasteiger charge is -2.14. The van der Waals surface area contributed by atoms with Crippen molar-refractivity contribution in [2.24, 2.45) is 0 Å². The maximum atomic E-state index is 12.6. The number of aromatic nitrogens is 1. The van der Waals surface area contributed by atoms with Gasteiger partial charge >= 0.3 is 5.97 Å². The number of ether oxygens (including phenoxy) is 1. The second kappa shape index (κ2) is 10.2. The van der Waals surface area contributed by atoms with E-state index in [-0.39, 0.29) is 11.3 Å². The summed E-state index contributed by atoms with van der Waals surface area (Å²) in [6, 6.07) is 17.6. The molecule has 1 aromatic heterocycles. The van der Waals surface area contributed by atoms with Crippen LogP contribution in [-0.2, 0) is 26.1 Å². The summed E-state index contributed by atoms with van der Waals surface area (Å²) in [4.78, 5) is 25.1. The van der Waals surface area contributed by atoms with E-state index in [1.165, 1.54) is 12.1 Å². The van der Waals surface area contributed by atoms with Crippen LogP contribution >= 0.6 is 0 Å². The van der Waals surface area contributed by atoms with Gasteiger partial charge in [-0.15, -0.1) is 0 Å². The van der Waals surface area contributed by atoms with Crippen molar-refractivity contribution in [3.05, 3.63) is 82.5 Å². The SMILES string of the molecule is Cc1c(C#N)c(NC(=O)COC(=O)c2ccccc2NS(C)(=O)=O)n(Cc2ccccc2)c1C. The third-order valence-corrected chi connectivity index (χ3v) is 5.75. The molecule has 9 nitrogen and oxygen atoms in total. The normalized spacial score (nSPS) is 10.9. The summed E-state index contributed by atoms with van der Waals surface area (Å²) in [5.41, 5.74) is 2.90. The number of para-hydroxylation sites is 1. The Morgan fingerprint density at radius 3 is 2.35 bits per heavy atom. The van der Waals surface area contributed by atoms with E-state index in [4.69, 9.17) is 4.74 Å². The van der Waals surface area contributed by atoms with E-state index in [2.05, 4.69) is 16.1 Å². The van der Waals surface area contributed by atoms with E-state index < -0.39 is 28.5 Å². The van der Waals surface area contributed by atoms with Crippen LogP contribution in [0.2, 0.25) is 0 Å². The number of carbonyl (C=O) groups excluding carboxylic acids is 2. The van der Waals surface area contributed by atoms with E-state index in [1.807, 2.05) is 41.8 Å². The Morgan fingerprint density at radius 2 is 1.71 bits per heavy atom. The van der Waals surface area contributed by atoms with Crippen LogP contribution in [-0.4, -0.2) is 37.7 Å². The molecule has 0 radical (unpaired) electrons. The molecule has 0 saturated heterocycles. The fourth-order valence-electron chi connectivity index (χ4n) is 3.42.